The van der Waals surface area contributed by atoms with Crippen LogP contribution in [-0.4, -0.2) is 5.91 Å². The fraction of sp³-hybridized carbons (Fsp3) is 0.115. The van der Waals surface area contributed by atoms with Crippen LogP contribution in [0.15, 0.2) is 89.6 Å². The zero-order valence-corrected chi connectivity index (χ0v) is 16.0. The second-order valence-electron chi connectivity index (χ2n) is 7.35. The van der Waals surface area contributed by atoms with Crippen molar-refractivity contribution in [1.82, 2.24) is 5.32 Å². The first-order valence-electron chi connectivity index (χ1n) is 9.90. The number of benzene rings is 3. The molecule has 142 valence electrons. The summed E-state index contributed by atoms with van der Waals surface area (Å²) >= 11 is 0. The highest BCUT2D eigenvalue weighted by atomic mass is 16.3. The van der Waals surface area contributed by atoms with Gasteiger partial charge in [0.15, 0.2) is 0 Å². The predicted molar refractivity (Wildman–Crippen MR) is 116 cm³/mol. The summed E-state index contributed by atoms with van der Waals surface area (Å²) in [5.74, 6) is 0.500. The molecule has 1 heterocycles. The zero-order chi connectivity index (χ0) is 19.6. The normalized spacial score (nSPS) is 13.8. The van der Waals surface area contributed by atoms with E-state index in [1.165, 1.54) is 28.0 Å². The first-order valence-corrected chi connectivity index (χ1v) is 9.90. The van der Waals surface area contributed by atoms with Crippen molar-refractivity contribution in [3.05, 3.63) is 113 Å². The van der Waals surface area contributed by atoms with Crippen molar-refractivity contribution in [2.75, 3.05) is 0 Å². The molecule has 0 bridgehead atoms. The summed E-state index contributed by atoms with van der Waals surface area (Å²) in [7, 11) is 0. The zero-order valence-electron chi connectivity index (χ0n) is 16.0. The molecule has 1 N–H and O–H groups in total. The summed E-state index contributed by atoms with van der Waals surface area (Å²) < 4.78 is 5.28. The smallest absolute Gasteiger partial charge is 0.244 e. The Labute approximate surface area is 169 Å². The van der Waals surface area contributed by atoms with Crippen molar-refractivity contribution in [2.45, 2.75) is 18.9 Å². The van der Waals surface area contributed by atoms with Gasteiger partial charge in [-0.2, -0.15) is 0 Å². The standard InChI is InChI=1S/C26H21NO2/c28-24(16-14-21-9-5-17-29-21)27-26(20-6-2-1-3-7-20)23-15-13-19-12-11-18-8-4-10-22(23)25(18)19/h1-10,13-17,26H,11-12H2,(H,27,28). The first-order chi connectivity index (χ1) is 14.3. The van der Waals surface area contributed by atoms with Crippen molar-refractivity contribution in [1.29, 1.82) is 0 Å². The number of hydrogen-bond donors (Lipinski definition) is 1. The largest absolute Gasteiger partial charge is 0.465 e. The average molecular weight is 379 g/mol. The number of amides is 1. The van der Waals surface area contributed by atoms with Crippen LogP contribution in [-0.2, 0) is 17.6 Å². The molecule has 1 aromatic heterocycles. The quantitative estimate of drug-likeness (QED) is 0.469. The Morgan fingerprint density at radius 3 is 2.52 bits per heavy atom. The number of carbonyl (C=O) groups is 1. The third-order valence-electron chi connectivity index (χ3n) is 5.58. The van der Waals surface area contributed by atoms with Crippen LogP contribution in [0.5, 0.6) is 0 Å². The monoisotopic (exact) mass is 379 g/mol. The van der Waals surface area contributed by atoms with Gasteiger partial charge in [0.05, 0.1) is 12.3 Å². The van der Waals surface area contributed by atoms with Gasteiger partial charge in [-0.25, -0.2) is 0 Å². The summed E-state index contributed by atoms with van der Waals surface area (Å²) in [6, 6.07) is 24.4. The second kappa shape index (κ2) is 7.44. The minimum atomic E-state index is -0.227. The minimum Gasteiger partial charge on any atom is -0.465 e. The molecule has 4 aromatic rings. The van der Waals surface area contributed by atoms with E-state index < -0.39 is 0 Å². The highest BCUT2D eigenvalue weighted by Gasteiger charge is 2.22. The first kappa shape index (κ1) is 17.5. The molecule has 0 fully saturated rings. The third kappa shape index (κ3) is 3.36. The topological polar surface area (TPSA) is 42.2 Å². The molecule has 3 heteroatoms. The molecule has 3 nitrogen and oxygen atoms in total. The molecule has 1 aliphatic carbocycles. The summed E-state index contributed by atoms with van der Waals surface area (Å²) in [5.41, 5.74) is 4.98. The highest BCUT2D eigenvalue weighted by molar-refractivity contribution is 5.95. The Hall–Kier alpha value is -3.59. The number of carbonyl (C=O) groups excluding carboxylic acids is 1. The summed E-state index contributed by atoms with van der Waals surface area (Å²) in [6.07, 6.45) is 6.98. The lowest BCUT2D eigenvalue weighted by Gasteiger charge is -2.21. The summed E-state index contributed by atoms with van der Waals surface area (Å²) in [4.78, 5) is 12.7. The van der Waals surface area contributed by atoms with Gasteiger partial charge in [0.1, 0.15) is 5.76 Å². The van der Waals surface area contributed by atoms with E-state index in [1.54, 1.807) is 18.4 Å². The van der Waals surface area contributed by atoms with Crippen molar-refractivity contribution in [2.24, 2.45) is 0 Å². The molecule has 1 aliphatic rings. The predicted octanol–water partition coefficient (Wildman–Crippen LogP) is 5.45. The minimum absolute atomic E-state index is 0.154. The summed E-state index contributed by atoms with van der Waals surface area (Å²) in [6.45, 7) is 0. The molecule has 0 saturated heterocycles. The lowest BCUT2D eigenvalue weighted by molar-refractivity contribution is -0.116. The van der Waals surface area contributed by atoms with Gasteiger partial charge in [0.25, 0.3) is 0 Å². The molecule has 1 amide bonds. The Kier molecular flexibility index (Phi) is 4.49. The van der Waals surface area contributed by atoms with Gasteiger partial charge in [0, 0.05) is 6.08 Å². The lowest BCUT2D eigenvalue weighted by atomic mass is 9.91. The maximum absolute atomic E-state index is 12.7. The van der Waals surface area contributed by atoms with E-state index >= 15 is 0 Å². The number of nitrogens with one attached hydrogen (secondary N) is 1. The fourth-order valence-corrected chi connectivity index (χ4v) is 4.24. The van der Waals surface area contributed by atoms with Crippen LogP contribution in [0.1, 0.15) is 34.1 Å². The third-order valence-corrected chi connectivity index (χ3v) is 5.58. The molecule has 5 rings (SSSR count). The van der Waals surface area contributed by atoms with Gasteiger partial charge in [-0.15, -0.1) is 0 Å². The van der Waals surface area contributed by atoms with Crippen LogP contribution in [0.4, 0.5) is 0 Å². The van der Waals surface area contributed by atoms with Crippen LogP contribution < -0.4 is 5.32 Å². The molecular formula is C26H21NO2. The maximum Gasteiger partial charge on any atom is 0.244 e. The van der Waals surface area contributed by atoms with Crippen LogP contribution in [0.25, 0.3) is 16.8 Å². The van der Waals surface area contributed by atoms with Gasteiger partial charge >= 0.3 is 0 Å². The van der Waals surface area contributed by atoms with Crippen LogP contribution in [0, 0.1) is 0 Å². The lowest BCUT2D eigenvalue weighted by Crippen LogP contribution is -2.28. The Morgan fingerprint density at radius 1 is 0.897 bits per heavy atom. The van der Waals surface area contributed by atoms with Crippen LogP contribution >= 0.6 is 0 Å². The molecule has 0 radical (unpaired) electrons. The second-order valence-corrected chi connectivity index (χ2v) is 7.35. The summed E-state index contributed by atoms with van der Waals surface area (Å²) in [5, 5.41) is 5.77. The highest BCUT2D eigenvalue weighted by Crippen LogP contribution is 2.36. The molecule has 29 heavy (non-hydrogen) atoms. The molecule has 0 spiro atoms. The van der Waals surface area contributed by atoms with E-state index in [9.17, 15) is 4.79 Å². The fourth-order valence-electron chi connectivity index (χ4n) is 4.24. The van der Waals surface area contributed by atoms with E-state index in [1.807, 2.05) is 24.3 Å². The van der Waals surface area contributed by atoms with Crippen LogP contribution in [0.2, 0.25) is 0 Å². The number of hydrogen-bond acceptors (Lipinski definition) is 2. The van der Waals surface area contributed by atoms with Gasteiger partial charge in [-0.1, -0.05) is 60.7 Å². The van der Waals surface area contributed by atoms with Crippen molar-refractivity contribution < 1.29 is 9.21 Å². The number of furan rings is 1. The Balaban J connectivity index is 1.56. The van der Waals surface area contributed by atoms with Gasteiger partial charge in [-0.3, -0.25) is 4.79 Å². The molecule has 1 unspecified atom stereocenters. The van der Waals surface area contributed by atoms with E-state index in [0.29, 0.717) is 5.76 Å². The number of aryl methyl sites for hydroxylation is 2. The van der Waals surface area contributed by atoms with Gasteiger partial charge in [0.2, 0.25) is 5.91 Å². The molecule has 3 aromatic carbocycles. The van der Waals surface area contributed by atoms with Crippen molar-refractivity contribution in [3.63, 3.8) is 0 Å². The number of rotatable bonds is 5. The SMILES string of the molecule is O=C(C=Cc1ccco1)NC(c1ccccc1)c1ccc2c3c(cccc13)CC2. The van der Waals surface area contributed by atoms with E-state index in [0.717, 1.165) is 24.0 Å². The van der Waals surface area contributed by atoms with Gasteiger partial charge < -0.3 is 9.73 Å². The van der Waals surface area contributed by atoms with E-state index in [4.69, 9.17) is 4.42 Å². The van der Waals surface area contributed by atoms with Gasteiger partial charge in [-0.05, 0) is 64.1 Å². The molecule has 1 atom stereocenters. The average Bonchev–Trinajstić information content (AvgIpc) is 3.43. The molecule has 0 saturated carbocycles. The Morgan fingerprint density at radius 2 is 1.72 bits per heavy atom. The van der Waals surface area contributed by atoms with Crippen LogP contribution in [0.3, 0.4) is 0 Å². The molecular weight excluding hydrogens is 358 g/mol. The maximum atomic E-state index is 12.7. The Bertz CT molecular complexity index is 1180. The van der Waals surface area contributed by atoms with E-state index in [-0.39, 0.29) is 11.9 Å². The molecule has 0 aliphatic heterocycles. The van der Waals surface area contributed by atoms with Crippen molar-refractivity contribution in [3.8, 4) is 0 Å². The van der Waals surface area contributed by atoms with Crippen molar-refractivity contribution >= 4 is 22.8 Å². The van der Waals surface area contributed by atoms with E-state index in [2.05, 4.69) is 47.8 Å².